The summed E-state index contributed by atoms with van der Waals surface area (Å²) in [6.07, 6.45) is -0.939. The van der Waals surface area contributed by atoms with Crippen LogP contribution < -0.4 is 5.32 Å². The largest absolute Gasteiger partial charge is 0.480 e. The summed E-state index contributed by atoms with van der Waals surface area (Å²) in [5.41, 5.74) is 4.73. The third-order valence-corrected chi connectivity index (χ3v) is 5.72. The molecule has 3 aromatic rings. The van der Waals surface area contributed by atoms with Crippen LogP contribution in [0.3, 0.4) is 0 Å². The molecule has 0 aromatic heterocycles. The third-order valence-electron chi connectivity index (χ3n) is 5.37. The van der Waals surface area contributed by atoms with Crippen molar-refractivity contribution in [1.29, 1.82) is 0 Å². The number of fused-ring (bicyclic) bond motifs is 3. The van der Waals surface area contributed by atoms with E-state index in [-0.39, 0.29) is 24.0 Å². The molecule has 1 aliphatic rings. The van der Waals surface area contributed by atoms with Gasteiger partial charge in [-0.1, -0.05) is 66.2 Å². The zero-order valence-electron chi connectivity index (χ0n) is 16.3. The summed E-state index contributed by atoms with van der Waals surface area (Å²) in [5, 5.41) is 11.9. The molecular formula is C24H19ClFNO4. The second-order valence-electron chi connectivity index (χ2n) is 7.30. The quantitative estimate of drug-likeness (QED) is 0.566. The van der Waals surface area contributed by atoms with Crippen molar-refractivity contribution in [1.82, 2.24) is 5.32 Å². The minimum atomic E-state index is -1.27. The molecule has 2 N–H and O–H groups in total. The number of hydrogen-bond donors (Lipinski definition) is 2. The molecule has 3 aromatic carbocycles. The maximum Gasteiger partial charge on any atom is 0.407 e. The Kier molecular flexibility index (Phi) is 5.91. The Hall–Kier alpha value is -3.38. The Bertz CT molecular complexity index is 1100. The van der Waals surface area contributed by atoms with Crippen LogP contribution >= 0.6 is 11.6 Å². The minimum Gasteiger partial charge on any atom is -0.480 e. The number of benzene rings is 3. The Morgan fingerprint density at radius 1 is 1.03 bits per heavy atom. The van der Waals surface area contributed by atoms with Gasteiger partial charge in [-0.05, 0) is 39.9 Å². The summed E-state index contributed by atoms with van der Waals surface area (Å²) in [7, 11) is 0. The number of ether oxygens (including phenoxy) is 1. The number of halogens is 2. The fourth-order valence-electron chi connectivity index (χ4n) is 3.89. The Morgan fingerprint density at radius 3 is 2.23 bits per heavy atom. The van der Waals surface area contributed by atoms with Gasteiger partial charge in [-0.3, -0.25) is 0 Å². The summed E-state index contributed by atoms with van der Waals surface area (Å²) in [6.45, 7) is 0.0729. The van der Waals surface area contributed by atoms with Crippen LogP contribution in [-0.4, -0.2) is 29.8 Å². The lowest BCUT2D eigenvalue weighted by Gasteiger charge is -2.18. The van der Waals surface area contributed by atoms with E-state index in [1.54, 1.807) is 0 Å². The molecule has 1 atom stereocenters. The van der Waals surface area contributed by atoms with Crippen LogP contribution in [0.2, 0.25) is 5.02 Å². The topological polar surface area (TPSA) is 75.6 Å². The highest BCUT2D eigenvalue weighted by Gasteiger charge is 2.30. The van der Waals surface area contributed by atoms with Gasteiger partial charge in [0.1, 0.15) is 18.5 Å². The second kappa shape index (κ2) is 8.78. The van der Waals surface area contributed by atoms with Gasteiger partial charge in [0.2, 0.25) is 0 Å². The van der Waals surface area contributed by atoms with E-state index in [9.17, 15) is 19.1 Å². The molecule has 31 heavy (non-hydrogen) atoms. The molecule has 7 heteroatoms. The van der Waals surface area contributed by atoms with E-state index in [2.05, 4.69) is 5.32 Å². The molecule has 0 heterocycles. The highest BCUT2D eigenvalue weighted by Crippen LogP contribution is 2.44. The van der Waals surface area contributed by atoms with Gasteiger partial charge in [0.25, 0.3) is 0 Å². The fraction of sp³-hybridized carbons (Fsp3) is 0.167. The van der Waals surface area contributed by atoms with Crippen molar-refractivity contribution in [3.63, 3.8) is 0 Å². The first-order valence-electron chi connectivity index (χ1n) is 9.72. The summed E-state index contributed by atoms with van der Waals surface area (Å²) in [5.74, 6) is -1.90. The van der Waals surface area contributed by atoms with E-state index in [0.29, 0.717) is 5.56 Å². The van der Waals surface area contributed by atoms with Crippen LogP contribution in [0.5, 0.6) is 0 Å². The summed E-state index contributed by atoms with van der Waals surface area (Å²) in [6, 6.07) is 18.3. The molecule has 158 valence electrons. The Balaban J connectivity index is 1.44. The van der Waals surface area contributed by atoms with Crippen molar-refractivity contribution in [2.75, 3.05) is 6.61 Å². The highest BCUT2D eigenvalue weighted by atomic mass is 35.5. The lowest BCUT2D eigenvalue weighted by atomic mass is 9.98. The molecule has 0 saturated heterocycles. The van der Waals surface area contributed by atoms with Gasteiger partial charge in [0.05, 0.1) is 0 Å². The Morgan fingerprint density at radius 2 is 1.65 bits per heavy atom. The molecule has 1 amide bonds. The smallest absolute Gasteiger partial charge is 0.407 e. The predicted octanol–water partition coefficient (Wildman–Crippen LogP) is 5.01. The lowest BCUT2D eigenvalue weighted by Crippen LogP contribution is -2.43. The standard InChI is InChI=1S/C24H19ClFNO4/c25-21-12-15(26)10-9-14(21)11-22(23(28)29)27-24(30)31-13-20-18-7-3-1-5-16(18)17-6-2-4-8-19(17)20/h1-10,12,20,22H,11,13H2,(H,27,30)(H,28,29)/t22-/m0/s1. The molecule has 0 fully saturated rings. The van der Waals surface area contributed by atoms with Crippen molar-refractivity contribution in [3.8, 4) is 11.1 Å². The number of carbonyl (C=O) groups is 2. The number of amides is 1. The van der Waals surface area contributed by atoms with E-state index in [1.807, 2.05) is 48.5 Å². The van der Waals surface area contributed by atoms with Crippen LogP contribution in [0.25, 0.3) is 11.1 Å². The highest BCUT2D eigenvalue weighted by molar-refractivity contribution is 6.31. The van der Waals surface area contributed by atoms with Gasteiger partial charge in [-0.15, -0.1) is 0 Å². The molecule has 0 unspecified atom stereocenters. The summed E-state index contributed by atoms with van der Waals surface area (Å²) in [4.78, 5) is 24.0. The van der Waals surface area contributed by atoms with Crippen LogP contribution in [0.4, 0.5) is 9.18 Å². The van der Waals surface area contributed by atoms with E-state index in [4.69, 9.17) is 16.3 Å². The molecule has 5 nitrogen and oxygen atoms in total. The monoisotopic (exact) mass is 439 g/mol. The van der Waals surface area contributed by atoms with Gasteiger partial charge in [-0.25, -0.2) is 14.0 Å². The molecule has 0 radical (unpaired) electrons. The molecule has 0 aliphatic heterocycles. The molecule has 0 saturated carbocycles. The number of carbonyl (C=O) groups excluding carboxylic acids is 1. The molecule has 0 spiro atoms. The van der Waals surface area contributed by atoms with Gasteiger partial charge < -0.3 is 15.2 Å². The number of alkyl carbamates (subject to hydrolysis) is 1. The Labute approximate surface area is 183 Å². The van der Waals surface area contributed by atoms with Gasteiger partial charge in [-0.2, -0.15) is 0 Å². The molecule has 0 bridgehead atoms. The fourth-order valence-corrected chi connectivity index (χ4v) is 4.13. The third kappa shape index (κ3) is 4.39. The van der Waals surface area contributed by atoms with Crippen molar-refractivity contribution >= 4 is 23.7 Å². The van der Waals surface area contributed by atoms with Gasteiger partial charge in [0, 0.05) is 17.4 Å². The normalized spacial score (nSPS) is 13.2. The summed E-state index contributed by atoms with van der Waals surface area (Å²) < 4.78 is 18.6. The van der Waals surface area contributed by atoms with Crippen molar-refractivity contribution in [2.24, 2.45) is 0 Å². The average molecular weight is 440 g/mol. The summed E-state index contributed by atoms with van der Waals surface area (Å²) >= 11 is 5.98. The zero-order chi connectivity index (χ0) is 22.0. The second-order valence-corrected chi connectivity index (χ2v) is 7.71. The van der Waals surface area contributed by atoms with Crippen LogP contribution in [0.1, 0.15) is 22.6 Å². The molecular weight excluding hydrogens is 421 g/mol. The molecule has 4 rings (SSSR count). The average Bonchev–Trinajstić information content (AvgIpc) is 3.07. The number of carboxylic acids is 1. The minimum absolute atomic E-state index is 0.0729. The first kappa shape index (κ1) is 20.9. The first-order valence-corrected chi connectivity index (χ1v) is 10.1. The van der Waals surface area contributed by atoms with Gasteiger partial charge in [0.15, 0.2) is 0 Å². The number of carboxylic acid groups (broad SMARTS) is 1. The van der Waals surface area contributed by atoms with Crippen LogP contribution in [0, 0.1) is 5.82 Å². The van der Waals surface area contributed by atoms with E-state index in [1.165, 1.54) is 12.1 Å². The SMILES string of the molecule is O=C(N[C@@H](Cc1ccc(F)cc1Cl)C(=O)O)OCC1c2ccccc2-c2ccccc21. The zero-order valence-corrected chi connectivity index (χ0v) is 17.1. The van der Waals surface area contributed by atoms with E-state index in [0.717, 1.165) is 28.3 Å². The van der Waals surface area contributed by atoms with Crippen LogP contribution in [0.15, 0.2) is 66.7 Å². The lowest BCUT2D eigenvalue weighted by molar-refractivity contribution is -0.139. The van der Waals surface area contributed by atoms with E-state index >= 15 is 0 Å². The van der Waals surface area contributed by atoms with Gasteiger partial charge >= 0.3 is 12.1 Å². The maximum atomic E-state index is 13.2. The van der Waals surface area contributed by atoms with E-state index < -0.39 is 23.9 Å². The van der Waals surface area contributed by atoms with Crippen molar-refractivity contribution in [3.05, 3.63) is 94.3 Å². The number of nitrogens with one attached hydrogen (secondary N) is 1. The van der Waals surface area contributed by atoms with Crippen molar-refractivity contribution in [2.45, 2.75) is 18.4 Å². The number of hydrogen-bond acceptors (Lipinski definition) is 3. The molecule has 1 aliphatic carbocycles. The number of aliphatic carboxylic acids is 1. The first-order chi connectivity index (χ1) is 14.9. The maximum absolute atomic E-state index is 13.2. The van der Waals surface area contributed by atoms with Crippen molar-refractivity contribution < 1.29 is 23.8 Å². The van der Waals surface area contributed by atoms with Crippen LogP contribution in [-0.2, 0) is 16.0 Å². The number of rotatable bonds is 6. The predicted molar refractivity (Wildman–Crippen MR) is 115 cm³/mol.